The summed E-state index contributed by atoms with van der Waals surface area (Å²) in [6, 6.07) is 12.9. The molecule has 0 atom stereocenters. The van der Waals surface area contributed by atoms with Gasteiger partial charge in [-0.05, 0) is 67.8 Å². The number of hydrogen-bond donors (Lipinski definition) is 1. The molecule has 2 heterocycles. The van der Waals surface area contributed by atoms with Crippen molar-refractivity contribution >= 4 is 51.9 Å². The van der Waals surface area contributed by atoms with Crippen molar-refractivity contribution in [2.75, 3.05) is 25.3 Å². The van der Waals surface area contributed by atoms with Crippen molar-refractivity contribution in [2.24, 2.45) is 0 Å². The quantitative estimate of drug-likeness (QED) is 0.274. The van der Waals surface area contributed by atoms with Gasteiger partial charge in [0.25, 0.3) is 5.91 Å². The molecule has 7 nitrogen and oxygen atoms in total. The average Bonchev–Trinajstić information content (AvgIpc) is 3.39. The Balaban J connectivity index is 1.19. The number of nitrogens with zero attached hydrogens (tertiary/aromatic N) is 1. The Bertz CT molecular complexity index is 1100. The zero-order valence-electron chi connectivity index (χ0n) is 18.9. The van der Waals surface area contributed by atoms with Crippen molar-refractivity contribution in [2.45, 2.75) is 32.6 Å². The van der Waals surface area contributed by atoms with Crippen LogP contribution in [-0.2, 0) is 9.59 Å². The minimum Gasteiger partial charge on any atom is -0.494 e. The lowest BCUT2D eigenvalue weighted by atomic mass is 10.1. The lowest BCUT2D eigenvalue weighted by Gasteiger charge is -2.14. The lowest BCUT2D eigenvalue weighted by molar-refractivity contribution is -0.122. The number of carbonyl (C=O) groups excluding carboxylic acids is 2. The molecule has 9 heteroatoms. The molecule has 34 heavy (non-hydrogen) atoms. The predicted molar refractivity (Wildman–Crippen MR) is 137 cm³/mol. The number of thioether (sulfide) groups is 1. The number of carbonyl (C=O) groups is 2. The molecule has 178 valence electrons. The first-order valence-electron chi connectivity index (χ1n) is 11.2. The van der Waals surface area contributed by atoms with Gasteiger partial charge in [-0.25, -0.2) is 0 Å². The Labute approximate surface area is 208 Å². The molecule has 1 N–H and O–H groups in total. The molecule has 4 rings (SSSR count). The second-order valence-electron chi connectivity index (χ2n) is 7.76. The second-order valence-corrected chi connectivity index (χ2v) is 9.44. The van der Waals surface area contributed by atoms with E-state index in [9.17, 15) is 9.59 Å². The first-order valence-corrected chi connectivity index (χ1v) is 12.4. The number of nitrogens with one attached hydrogen (secondary N) is 1. The molecule has 0 unspecified atom stereocenters. The van der Waals surface area contributed by atoms with E-state index in [1.54, 1.807) is 4.90 Å². The number of rotatable bonds is 10. The molecule has 2 aliphatic heterocycles. The van der Waals surface area contributed by atoms with Crippen LogP contribution >= 0.6 is 24.0 Å². The van der Waals surface area contributed by atoms with Crippen LogP contribution in [0.15, 0.2) is 47.4 Å². The van der Waals surface area contributed by atoms with Crippen molar-refractivity contribution in [3.63, 3.8) is 0 Å². The van der Waals surface area contributed by atoms with Gasteiger partial charge in [0.05, 0.1) is 11.5 Å². The van der Waals surface area contributed by atoms with Gasteiger partial charge < -0.3 is 19.5 Å². The number of amides is 2. The fraction of sp³-hybridized carbons (Fsp3) is 0.320. The third-order valence-electron chi connectivity index (χ3n) is 5.30. The van der Waals surface area contributed by atoms with Crippen LogP contribution in [0.3, 0.4) is 0 Å². The molecule has 2 aromatic carbocycles. The summed E-state index contributed by atoms with van der Waals surface area (Å²) in [5.41, 5.74) is 1.61. The van der Waals surface area contributed by atoms with Crippen molar-refractivity contribution in [1.29, 1.82) is 0 Å². The number of hydrogen-bond acceptors (Lipinski definition) is 7. The first-order chi connectivity index (χ1) is 16.5. The minimum absolute atomic E-state index is 0.0265. The van der Waals surface area contributed by atoms with Crippen molar-refractivity contribution in [3.05, 3.63) is 52.9 Å². The molecule has 0 saturated carbocycles. The topological polar surface area (TPSA) is 77.1 Å². The van der Waals surface area contributed by atoms with E-state index >= 15 is 0 Å². The predicted octanol–water partition coefficient (Wildman–Crippen LogP) is 5.21. The summed E-state index contributed by atoms with van der Waals surface area (Å²) in [6.45, 7) is 3.29. The molecule has 0 radical (unpaired) electrons. The van der Waals surface area contributed by atoms with E-state index in [4.69, 9.17) is 26.4 Å². The molecular weight excluding hydrogens is 472 g/mol. The van der Waals surface area contributed by atoms with Gasteiger partial charge in [0.15, 0.2) is 11.5 Å². The second kappa shape index (κ2) is 11.4. The number of fused-ring (bicyclic) bond motifs is 1. The van der Waals surface area contributed by atoms with Crippen molar-refractivity contribution < 1.29 is 23.8 Å². The Morgan fingerprint density at radius 3 is 2.74 bits per heavy atom. The van der Waals surface area contributed by atoms with Crippen LogP contribution in [0.2, 0.25) is 0 Å². The normalized spacial score (nSPS) is 15.8. The van der Waals surface area contributed by atoms with Crippen LogP contribution in [0.4, 0.5) is 5.69 Å². The van der Waals surface area contributed by atoms with E-state index < -0.39 is 0 Å². The fourth-order valence-corrected chi connectivity index (χ4v) is 4.91. The van der Waals surface area contributed by atoms with Gasteiger partial charge in [0, 0.05) is 18.7 Å². The maximum Gasteiger partial charge on any atom is 0.266 e. The van der Waals surface area contributed by atoms with Gasteiger partial charge in [-0.3, -0.25) is 14.5 Å². The summed E-state index contributed by atoms with van der Waals surface area (Å²) in [4.78, 5) is 27.2. The molecule has 0 aliphatic carbocycles. The van der Waals surface area contributed by atoms with Crippen LogP contribution in [-0.4, -0.2) is 41.0 Å². The largest absolute Gasteiger partial charge is 0.494 e. The fourth-order valence-electron chi connectivity index (χ4n) is 3.60. The van der Waals surface area contributed by atoms with E-state index in [2.05, 4.69) is 5.32 Å². The highest BCUT2D eigenvalue weighted by Crippen LogP contribution is 2.36. The zero-order valence-corrected chi connectivity index (χ0v) is 20.5. The van der Waals surface area contributed by atoms with E-state index in [0.29, 0.717) is 40.3 Å². The van der Waals surface area contributed by atoms with Gasteiger partial charge in [-0.15, -0.1) is 0 Å². The number of ether oxygens (including phenoxy) is 3. The maximum absolute atomic E-state index is 12.8. The SMILES string of the molecule is CCOc1ccc(NC(=O)CCCCCN2C(=O)C(=Cc3ccc4c(c3)OCO4)SC2=S)cc1. The van der Waals surface area contributed by atoms with Gasteiger partial charge in [-0.1, -0.05) is 36.5 Å². The zero-order chi connectivity index (χ0) is 23.9. The molecule has 1 saturated heterocycles. The van der Waals surface area contributed by atoms with E-state index in [-0.39, 0.29) is 18.6 Å². The highest BCUT2D eigenvalue weighted by atomic mass is 32.2. The summed E-state index contributed by atoms with van der Waals surface area (Å²) in [5.74, 6) is 2.05. The molecule has 1 fully saturated rings. The van der Waals surface area contributed by atoms with Gasteiger partial charge in [0.1, 0.15) is 10.1 Å². The Kier molecular flexibility index (Phi) is 8.08. The highest BCUT2D eigenvalue weighted by molar-refractivity contribution is 8.26. The number of unbranched alkanes of at least 4 members (excludes halogenated alkanes) is 2. The standard InChI is InChI=1S/C25H26N2O5S2/c1-2-30-19-10-8-18(9-11-19)26-23(28)6-4-3-5-13-27-24(29)22(34-25(27)33)15-17-7-12-20-21(14-17)32-16-31-20/h7-12,14-15H,2-6,13,16H2,1H3,(H,26,28). The third kappa shape index (κ3) is 6.09. The van der Waals surface area contributed by atoms with Crippen molar-refractivity contribution in [3.8, 4) is 17.2 Å². The summed E-state index contributed by atoms with van der Waals surface area (Å²) in [5, 5.41) is 2.89. The Morgan fingerprint density at radius 1 is 1.15 bits per heavy atom. The van der Waals surface area contributed by atoms with Crippen molar-refractivity contribution in [1.82, 2.24) is 4.90 Å². The van der Waals surface area contributed by atoms with E-state index in [0.717, 1.165) is 36.3 Å². The van der Waals surface area contributed by atoms with E-state index in [1.807, 2.05) is 55.5 Å². The van der Waals surface area contributed by atoms with Gasteiger partial charge in [-0.2, -0.15) is 0 Å². The van der Waals surface area contributed by atoms with Crippen LogP contribution < -0.4 is 19.5 Å². The molecule has 2 amide bonds. The number of thiocarbonyl (C=S) groups is 1. The molecule has 2 aromatic rings. The average molecular weight is 499 g/mol. The first kappa shape index (κ1) is 24.1. The van der Waals surface area contributed by atoms with Crippen LogP contribution in [0.1, 0.15) is 38.2 Å². The Morgan fingerprint density at radius 2 is 1.94 bits per heavy atom. The lowest BCUT2D eigenvalue weighted by Crippen LogP contribution is -2.29. The maximum atomic E-state index is 12.8. The summed E-state index contributed by atoms with van der Waals surface area (Å²) >= 11 is 6.73. The summed E-state index contributed by atoms with van der Waals surface area (Å²) in [7, 11) is 0. The van der Waals surface area contributed by atoms with Gasteiger partial charge >= 0.3 is 0 Å². The van der Waals surface area contributed by atoms with Crippen LogP contribution in [0.5, 0.6) is 17.2 Å². The smallest absolute Gasteiger partial charge is 0.266 e. The molecule has 0 aromatic heterocycles. The molecule has 2 aliphatic rings. The summed E-state index contributed by atoms with van der Waals surface area (Å²) in [6.07, 6.45) is 4.60. The molecular formula is C25H26N2O5S2. The van der Waals surface area contributed by atoms with Gasteiger partial charge in [0.2, 0.25) is 12.7 Å². The van der Waals surface area contributed by atoms with Crippen LogP contribution in [0, 0.1) is 0 Å². The third-order valence-corrected chi connectivity index (χ3v) is 6.68. The highest BCUT2D eigenvalue weighted by Gasteiger charge is 2.31. The minimum atomic E-state index is -0.0825. The Hall–Kier alpha value is -3.04. The molecule has 0 spiro atoms. The number of anilines is 1. The van der Waals surface area contributed by atoms with E-state index in [1.165, 1.54) is 11.8 Å². The summed E-state index contributed by atoms with van der Waals surface area (Å²) < 4.78 is 16.7. The van der Waals surface area contributed by atoms with Crippen LogP contribution in [0.25, 0.3) is 6.08 Å². The number of benzene rings is 2. The monoisotopic (exact) mass is 498 g/mol. The molecule has 0 bridgehead atoms.